The summed E-state index contributed by atoms with van der Waals surface area (Å²) in [5.41, 5.74) is 0. The van der Waals surface area contributed by atoms with E-state index >= 15 is 0 Å². The molecule has 0 aromatic carbocycles. The summed E-state index contributed by atoms with van der Waals surface area (Å²) < 4.78 is 15.4. The van der Waals surface area contributed by atoms with Crippen LogP contribution in [-0.2, 0) is 16.1 Å². The highest BCUT2D eigenvalue weighted by atomic mass is 16.7. The third-order valence-corrected chi connectivity index (χ3v) is 3.04. The zero-order chi connectivity index (χ0) is 14.7. The number of aldehydes is 1. The van der Waals surface area contributed by atoms with E-state index in [1.807, 2.05) is 0 Å². The van der Waals surface area contributed by atoms with Crippen LogP contribution < -0.4 is 0 Å². The first kappa shape index (κ1) is 15.1. The van der Waals surface area contributed by atoms with E-state index in [0.29, 0.717) is 12.0 Å². The lowest BCUT2D eigenvalue weighted by molar-refractivity contribution is -0.304. The lowest BCUT2D eigenvalue weighted by Gasteiger charge is -2.39. The molecule has 2 heterocycles. The predicted octanol–water partition coefficient (Wildman–Crippen LogP) is -1.59. The molecule has 8 nitrogen and oxygen atoms in total. The van der Waals surface area contributed by atoms with Gasteiger partial charge < -0.3 is 34.3 Å². The molecule has 5 atom stereocenters. The van der Waals surface area contributed by atoms with Gasteiger partial charge in [0.05, 0.1) is 6.61 Å². The second-order valence-corrected chi connectivity index (χ2v) is 4.43. The normalized spacial score (nSPS) is 34.1. The maximum absolute atomic E-state index is 10.5. The predicted molar refractivity (Wildman–Crippen MR) is 62.7 cm³/mol. The number of aliphatic hydroxyl groups is 4. The summed E-state index contributed by atoms with van der Waals surface area (Å²) in [6.45, 7) is -0.628. The van der Waals surface area contributed by atoms with Crippen molar-refractivity contribution in [1.82, 2.24) is 0 Å². The number of carbonyl (C=O) groups excluding carboxylic acids is 1. The summed E-state index contributed by atoms with van der Waals surface area (Å²) in [6.07, 6.45) is -6.10. The van der Waals surface area contributed by atoms with E-state index in [1.165, 1.54) is 12.1 Å². The summed E-state index contributed by atoms with van der Waals surface area (Å²) in [4.78, 5) is 10.5. The van der Waals surface area contributed by atoms with Crippen molar-refractivity contribution in [2.24, 2.45) is 0 Å². The van der Waals surface area contributed by atoms with Crippen molar-refractivity contribution < 1.29 is 39.1 Å². The first-order valence-electron chi connectivity index (χ1n) is 6.03. The highest BCUT2D eigenvalue weighted by Crippen LogP contribution is 2.23. The van der Waals surface area contributed by atoms with Gasteiger partial charge in [0, 0.05) is 0 Å². The molecule has 0 spiro atoms. The molecule has 1 aromatic rings. The number of rotatable bonds is 5. The van der Waals surface area contributed by atoms with Crippen LogP contribution in [0, 0.1) is 0 Å². The SMILES string of the molecule is O=Cc1ccc(COC2O[C@H](CO)[C@@H](O)[C@H](O)[C@H]2O)o1. The topological polar surface area (TPSA) is 130 Å². The molecule has 1 unspecified atom stereocenters. The molecule has 0 radical (unpaired) electrons. The van der Waals surface area contributed by atoms with Crippen molar-refractivity contribution in [3.05, 3.63) is 23.7 Å². The van der Waals surface area contributed by atoms with Crippen molar-refractivity contribution in [2.75, 3.05) is 6.61 Å². The van der Waals surface area contributed by atoms with Gasteiger partial charge in [-0.2, -0.15) is 0 Å². The molecule has 8 heteroatoms. The van der Waals surface area contributed by atoms with E-state index in [4.69, 9.17) is 19.0 Å². The number of furan rings is 1. The molecule has 2 rings (SSSR count). The van der Waals surface area contributed by atoms with Crippen LogP contribution in [0.3, 0.4) is 0 Å². The van der Waals surface area contributed by atoms with Crippen LogP contribution >= 0.6 is 0 Å². The number of carbonyl (C=O) groups is 1. The number of hydrogen-bond donors (Lipinski definition) is 4. The zero-order valence-electron chi connectivity index (χ0n) is 10.5. The van der Waals surface area contributed by atoms with Crippen LogP contribution in [-0.4, -0.2) is 64.0 Å². The minimum absolute atomic E-state index is 0.101. The fourth-order valence-corrected chi connectivity index (χ4v) is 1.90. The van der Waals surface area contributed by atoms with Crippen LogP contribution in [0.15, 0.2) is 16.5 Å². The molecule has 0 saturated carbocycles. The van der Waals surface area contributed by atoms with Crippen molar-refractivity contribution in [1.29, 1.82) is 0 Å². The van der Waals surface area contributed by atoms with Gasteiger partial charge in [-0.15, -0.1) is 0 Å². The Morgan fingerprint density at radius 3 is 2.55 bits per heavy atom. The molecular formula is C12H16O8. The van der Waals surface area contributed by atoms with Crippen molar-refractivity contribution in [3.8, 4) is 0 Å². The van der Waals surface area contributed by atoms with Crippen molar-refractivity contribution in [3.63, 3.8) is 0 Å². The monoisotopic (exact) mass is 288 g/mol. The highest BCUT2D eigenvalue weighted by molar-refractivity contribution is 5.70. The van der Waals surface area contributed by atoms with Gasteiger partial charge in [0.25, 0.3) is 0 Å². The van der Waals surface area contributed by atoms with E-state index < -0.39 is 37.3 Å². The Balaban J connectivity index is 1.95. The van der Waals surface area contributed by atoms with Gasteiger partial charge in [0.1, 0.15) is 36.8 Å². The number of ether oxygens (including phenoxy) is 2. The molecule has 0 bridgehead atoms. The van der Waals surface area contributed by atoms with Gasteiger partial charge in [0.2, 0.25) is 0 Å². The Hall–Kier alpha value is -1.29. The molecule has 1 saturated heterocycles. The van der Waals surface area contributed by atoms with Crippen LogP contribution in [0.1, 0.15) is 16.3 Å². The van der Waals surface area contributed by atoms with Gasteiger partial charge in [-0.3, -0.25) is 4.79 Å². The standard InChI is InChI=1S/C12H16O8/c13-3-6-1-2-7(19-6)5-18-12-11(17)10(16)9(15)8(4-14)20-12/h1-3,8-12,14-17H,4-5H2/t8-,9-,10+,11-,12?/m1/s1. The maximum atomic E-state index is 10.5. The molecule has 1 aliphatic heterocycles. The second-order valence-electron chi connectivity index (χ2n) is 4.43. The lowest BCUT2D eigenvalue weighted by Crippen LogP contribution is -2.59. The summed E-state index contributed by atoms with van der Waals surface area (Å²) in [6, 6.07) is 2.98. The minimum Gasteiger partial charge on any atom is -0.456 e. The Labute approximate surface area is 114 Å². The zero-order valence-corrected chi connectivity index (χ0v) is 10.5. The molecule has 20 heavy (non-hydrogen) atoms. The molecule has 0 aliphatic carbocycles. The first-order chi connectivity index (χ1) is 9.56. The summed E-state index contributed by atoms with van der Waals surface area (Å²) >= 11 is 0. The molecule has 4 N–H and O–H groups in total. The minimum atomic E-state index is -1.49. The molecule has 1 aromatic heterocycles. The fraction of sp³-hybridized carbons (Fsp3) is 0.583. The Morgan fingerprint density at radius 2 is 1.95 bits per heavy atom. The summed E-state index contributed by atoms with van der Waals surface area (Å²) in [5, 5.41) is 37.9. The average Bonchev–Trinajstić information content (AvgIpc) is 2.92. The number of hydrogen-bond acceptors (Lipinski definition) is 8. The molecular weight excluding hydrogens is 272 g/mol. The van der Waals surface area contributed by atoms with Gasteiger partial charge in [-0.25, -0.2) is 0 Å². The van der Waals surface area contributed by atoms with Gasteiger partial charge in [0.15, 0.2) is 18.3 Å². The Bertz CT molecular complexity index is 442. The van der Waals surface area contributed by atoms with Crippen molar-refractivity contribution >= 4 is 6.29 Å². The van der Waals surface area contributed by atoms with Gasteiger partial charge in [-0.05, 0) is 12.1 Å². The number of aliphatic hydroxyl groups excluding tert-OH is 4. The van der Waals surface area contributed by atoms with Gasteiger partial charge in [-0.1, -0.05) is 0 Å². The van der Waals surface area contributed by atoms with Crippen LogP contribution in [0.5, 0.6) is 0 Å². The largest absolute Gasteiger partial charge is 0.456 e. The second kappa shape index (κ2) is 6.44. The third kappa shape index (κ3) is 3.06. The highest BCUT2D eigenvalue weighted by Gasteiger charge is 2.44. The fourth-order valence-electron chi connectivity index (χ4n) is 1.90. The summed E-state index contributed by atoms with van der Waals surface area (Å²) in [7, 11) is 0. The van der Waals surface area contributed by atoms with E-state index in [1.54, 1.807) is 0 Å². The van der Waals surface area contributed by atoms with E-state index in [9.17, 15) is 20.1 Å². The molecule has 0 amide bonds. The average molecular weight is 288 g/mol. The smallest absolute Gasteiger partial charge is 0.187 e. The molecule has 1 aliphatic rings. The van der Waals surface area contributed by atoms with E-state index in [0.717, 1.165) is 0 Å². The maximum Gasteiger partial charge on any atom is 0.187 e. The van der Waals surface area contributed by atoms with Crippen LogP contribution in [0.25, 0.3) is 0 Å². The summed E-state index contributed by atoms with van der Waals surface area (Å²) in [5.74, 6) is 0.474. The first-order valence-corrected chi connectivity index (χ1v) is 6.03. The molecule has 1 fully saturated rings. The molecule has 112 valence electrons. The Morgan fingerprint density at radius 1 is 1.20 bits per heavy atom. The van der Waals surface area contributed by atoms with Crippen LogP contribution in [0.4, 0.5) is 0 Å². The van der Waals surface area contributed by atoms with E-state index in [-0.39, 0.29) is 12.4 Å². The lowest BCUT2D eigenvalue weighted by atomic mass is 9.99. The van der Waals surface area contributed by atoms with Crippen LogP contribution in [0.2, 0.25) is 0 Å². The van der Waals surface area contributed by atoms with Gasteiger partial charge >= 0.3 is 0 Å². The quantitative estimate of drug-likeness (QED) is 0.477. The van der Waals surface area contributed by atoms with Crippen molar-refractivity contribution in [2.45, 2.75) is 37.3 Å². The third-order valence-electron chi connectivity index (χ3n) is 3.04. The Kier molecular flexibility index (Phi) is 4.86. The van der Waals surface area contributed by atoms with E-state index in [2.05, 4.69) is 0 Å².